The normalized spacial score (nSPS) is 10.4. The molecule has 0 aliphatic rings. The fraction of sp³-hybridized carbons (Fsp3) is 0.400. The van der Waals surface area contributed by atoms with Crippen molar-refractivity contribution in [3.8, 4) is 0 Å². The first-order chi connectivity index (χ1) is 8.24. The van der Waals surface area contributed by atoms with E-state index in [0.717, 1.165) is 5.69 Å². The van der Waals surface area contributed by atoms with Crippen LogP contribution in [0, 0.1) is 6.92 Å². The molecule has 0 fully saturated rings. The first kappa shape index (κ1) is 11.3. The van der Waals surface area contributed by atoms with Gasteiger partial charge < -0.3 is 14.8 Å². The van der Waals surface area contributed by atoms with Gasteiger partial charge in [0.1, 0.15) is 0 Å². The zero-order valence-electron chi connectivity index (χ0n) is 9.43. The van der Waals surface area contributed by atoms with Crippen LogP contribution in [-0.4, -0.2) is 26.0 Å². The molecule has 0 aromatic carbocycles. The molecular formula is C10H13N5O2. The van der Waals surface area contributed by atoms with E-state index in [1.165, 1.54) is 0 Å². The SMILES string of the molecule is Cc1noc(CCC(=O)NCc2cnc[nH]2)n1. The van der Waals surface area contributed by atoms with E-state index < -0.39 is 0 Å². The van der Waals surface area contributed by atoms with Crippen LogP contribution in [0.25, 0.3) is 0 Å². The number of aryl methyl sites for hydroxylation is 2. The van der Waals surface area contributed by atoms with Gasteiger partial charge in [0, 0.05) is 19.0 Å². The molecule has 2 aromatic rings. The summed E-state index contributed by atoms with van der Waals surface area (Å²) in [5.41, 5.74) is 0.868. The summed E-state index contributed by atoms with van der Waals surface area (Å²) >= 11 is 0. The molecule has 2 rings (SSSR count). The zero-order valence-corrected chi connectivity index (χ0v) is 9.43. The van der Waals surface area contributed by atoms with Gasteiger partial charge in [0.05, 0.1) is 18.6 Å². The number of hydrogen-bond donors (Lipinski definition) is 2. The maximum atomic E-state index is 11.5. The largest absolute Gasteiger partial charge is 0.350 e. The first-order valence-electron chi connectivity index (χ1n) is 5.27. The van der Waals surface area contributed by atoms with E-state index in [0.29, 0.717) is 31.1 Å². The van der Waals surface area contributed by atoms with Crippen molar-refractivity contribution in [1.29, 1.82) is 0 Å². The second-order valence-electron chi connectivity index (χ2n) is 3.59. The van der Waals surface area contributed by atoms with Crippen molar-refractivity contribution in [2.24, 2.45) is 0 Å². The van der Waals surface area contributed by atoms with Crippen molar-refractivity contribution in [2.45, 2.75) is 26.3 Å². The molecule has 0 aliphatic heterocycles. The molecule has 7 nitrogen and oxygen atoms in total. The van der Waals surface area contributed by atoms with Crippen molar-refractivity contribution >= 4 is 5.91 Å². The number of amides is 1. The second-order valence-corrected chi connectivity index (χ2v) is 3.59. The van der Waals surface area contributed by atoms with Gasteiger partial charge in [0.2, 0.25) is 11.8 Å². The molecule has 2 N–H and O–H groups in total. The Morgan fingerprint density at radius 2 is 2.47 bits per heavy atom. The number of carbonyl (C=O) groups excluding carboxylic acids is 1. The lowest BCUT2D eigenvalue weighted by molar-refractivity contribution is -0.121. The first-order valence-corrected chi connectivity index (χ1v) is 5.27. The van der Waals surface area contributed by atoms with Gasteiger partial charge in [-0.1, -0.05) is 5.16 Å². The number of aromatic amines is 1. The Morgan fingerprint density at radius 1 is 1.59 bits per heavy atom. The average Bonchev–Trinajstić information content (AvgIpc) is 2.95. The molecule has 0 saturated carbocycles. The summed E-state index contributed by atoms with van der Waals surface area (Å²) in [7, 11) is 0. The quantitative estimate of drug-likeness (QED) is 0.779. The molecule has 0 saturated heterocycles. The minimum atomic E-state index is -0.0598. The van der Waals surface area contributed by atoms with Crippen LogP contribution < -0.4 is 5.32 Å². The molecule has 1 amide bonds. The Hall–Kier alpha value is -2.18. The molecule has 7 heteroatoms. The van der Waals surface area contributed by atoms with Crippen molar-refractivity contribution in [3.05, 3.63) is 29.9 Å². The van der Waals surface area contributed by atoms with Crippen molar-refractivity contribution in [1.82, 2.24) is 25.4 Å². The predicted molar refractivity (Wildman–Crippen MR) is 57.8 cm³/mol. The van der Waals surface area contributed by atoms with E-state index in [1.54, 1.807) is 19.4 Å². The summed E-state index contributed by atoms with van der Waals surface area (Å²) < 4.78 is 4.91. The van der Waals surface area contributed by atoms with Crippen LogP contribution >= 0.6 is 0 Å². The highest BCUT2D eigenvalue weighted by molar-refractivity contribution is 5.75. The summed E-state index contributed by atoms with van der Waals surface area (Å²) in [6.45, 7) is 2.19. The molecule has 0 aliphatic carbocycles. The van der Waals surface area contributed by atoms with Crippen LogP contribution in [0.15, 0.2) is 17.0 Å². The molecule has 0 radical (unpaired) electrons. The lowest BCUT2D eigenvalue weighted by Gasteiger charge is -2.01. The van der Waals surface area contributed by atoms with E-state index in [9.17, 15) is 4.79 Å². The van der Waals surface area contributed by atoms with Gasteiger partial charge in [-0.25, -0.2) is 4.98 Å². The summed E-state index contributed by atoms with van der Waals surface area (Å²) in [6.07, 6.45) is 4.02. The number of hydrogen-bond acceptors (Lipinski definition) is 5. The molecule has 0 bridgehead atoms. The van der Waals surface area contributed by atoms with Crippen LogP contribution in [0.4, 0.5) is 0 Å². The van der Waals surface area contributed by atoms with Gasteiger partial charge in [-0.05, 0) is 6.92 Å². The molecule has 17 heavy (non-hydrogen) atoms. The maximum absolute atomic E-state index is 11.5. The lowest BCUT2D eigenvalue weighted by atomic mass is 10.3. The Kier molecular flexibility index (Phi) is 3.49. The van der Waals surface area contributed by atoms with Crippen molar-refractivity contribution < 1.29 is 9.32 Å². The molecule has 0 unspecified atom stereocenters. The molecule has 2 heterocycles. The van der Waals surface area contributed by atoms with Crippen molar-refractivity contribution in [2.75, 3.05) is 0 Å². The molecule has 2 aromatic heterocycles. The number of carbonyl (C=O) groups is 1. The third-order valence-corrected chi connectivity index (χ3v) is 2.17. The molecule has 0 spiro atoms. The Bertz CT molecular complexity index is 477. The zero-order chi connectivity index (χ0) is 12.1. The highest BCUT2D eigenvalue weighted by Gasteiger charge is 2.07. The van der Waals surface area contributed by atoms with Crippen LogP contribution in [0.3, 0.4) is 0 Å². The number of nitrogens with one attached hydrogen (secondary N) is 2. The van der Waals surface area contributed by atoms with E-state index in [1.807, 2.05) is 0 Å². The monoisotopic (exact) mass is 235 g/mol. The van der Waals surface area contributed by atoms with Crippen LogP contribution in [0.5, 0.6) is 0 Å². The smallest absolute Gasteiger partial charge is 0.227 e. The predicted octanol–water partition coefficient (Wildman–Crippen LogP) is 0.350. The van der Waals surface area contributed by atoms with Gasteiger partial charge in [-0.3, -0.25) is 4.79 Å². The summed E-state index contributed by atoms with van der Waals surface area (Å²) in [6, 6.07) is 0. The van der Waals surface area contributed by atoms with Gasteiger partial charge in [0.25, 0.3) is 0 Å². The summed E-state index contributed by atoms with van der Waals surface area (Å²) in [5.74, 6) is 1.01. The van der Waals surface area contributed by atoms with Gasteiger partial charge in [-0.2, -0.15) is 4.98 Å². The number of nitrogens with zero attached hydrogens (tertiary/aromatic N) is 3. The minimum absolute atomic E-state index is 0.0598. The van der Waals surface area contributed by atoms with Gasteiger partial charge >= 0.3 is 0 Å². The number of H-pyrrole nitrogens is 1. The van der Waals surface area contributed by atoms with E-state index in [4.69, 9.17) is 4.52 Å². The van der Waals surface area contributed by atoms with Gasteiger partial charge in [-0.15, -0.1) is 0 Å². The Morgan fingerprint density at radius 3 is 3.12 bits per heavy atom. The molecule has 0 atom stereocenters. The highest BCUT2D eigenvalue weighted by Crippen LogP contribution is 2.00. The average molecular weight is 235 g/mol. The van der Waals surface area contributed by atoms with E-state index >= 15 is 0 Å². The van der Waals surface area contributed by atoms with Crippen LogP contribution in [0.1, 0.15) is 23.8 Å². The van der Waals surface area contributed by atoms with Crippen molar-refractivity contribution in [3.63, 3.8) is 0 Å². The number of rotatable bonds is 5. The summed E-state index contributed by atoms with van der Waals surface area (Å²) in [4.78, 5) is 22.3. The third-order valence-electron chi connectivity index (χ3n) is 2.17. The maximum Gasteiger partial charge on any atom is 0.227 e. The fourth-order valence-electron chi connectivity index (χ4n) is 1.33. The molecule has 90 valence electrons. The highest BCUT2D eigenvalue weighted by atomic mass is 16.5. The second kappa shape index (κ2) is 5.24. The lowest BCUT2D eigenvalue weighted by Crippen LogP contribution is -2.23. The van der Waals surface area contributed by atoms with Crippen LogP contribution in [-0.2, 0) is 17.8 Å². The Balaban J connectivity index is 1.71. The number of imidazole rings is 1. The molecular weight excluding hydrogens is 222 g/mol. The third kappa shape index (κ3) is 3.40. The minimum Gasteiger partial charge on any atom is -0.350 e. The van der Waals surface area contributed by atoms with Crippen LogP contribution in [0.2, 0.25) is 0 Å². The van der Waals surface area contributed by atoms with E-state index in [-0.39, 0.29) is 5.91 Å². The Labute approximate surface area is 97.6 Å². The topological polar surface area (TPSA) is 96.7 Å². The fourth-order valence-corrected chi connectivity index (χ4v) is 1.33. The number of aromatic nitrogens is 4. The van der Waals surface area contributed by atoms with E-state index in [2.05, 4.69) is 25.4 Å². The van der Waals surface area contributed by atoms with Gasteiger partial charge in [0.15, 0.2) is 5.82 Å². The summed E-state index contributed by atoms with van der Waals surface area (Å²) in [5, 5.41) is 6.41. The standard InChI is InChI=1S/C10H13N5O2/c1-7-14-10(17-15-7)3-2-9(16)12-5-8-4-11-6-13-8/h4,6H,2-3,5H2,1H3,(H,11,13)(H,12,16).